The van der Waals surface area contributed by atoms with E-state index in [4.69, 9.17) is 5.73 Å². The Morgan fingerprint density at radius 2 is 1.47 bits per heavy atom. The quantitative estimate of drug-likeness (QED) is 0.837. The molecule has 1 nitrogen and oxygen atoms in total. The molecule has 1 fully saturated rings. The van der Waals surface area contributed by atoms with Crippen molar-refractivity contribution in [3.63, 3.8) is 0 Å². The molecule has 0 saturated heterocycles. The Morgan fingerprint density at radius 1 is 1.06 bits per heavy atom. The fourth-order valence-corrected chi connectivity index (χ4v) is 3.14. The van der Waals surface area contributed by atoms with Crippen LogP contribution in [0.2, 0.25) is 0 Å². The van der Waals surface area contributed by atoms with Crippen LogP contribution in [0.15, 0.2) is 18.2 Å². The van der Waals surface area contributed by atoms with Gasteiger partial charge in [0.25, 0.3) is 0 Å². The van der Waals surface area contributed by atoms with E-state index in [1.807, 2.05) is 0 Å². The molecule has 2 N–H and O–H groups in total. The third kappa shape index (κ3) is 1.60. The molecule has 1 saturated carbocycles. The number of benzene rings is 1. The summed E-state index contributed by atoms with van der Waals surface area (Å²) in [6.07, 6.45) is 0. The number of hydrogen-bond donors (Lipinski definition) is 1. The Bertz CT molecular complexity index is 417. The average molecular weight is 239 g/mol. The summed E-state index contributed by atoms with van der Waals surface area (Å²) in [5.41, 5.74) is 6.13. The summed E-state index contributed by atoms with van der Waals surface area (Å²) in [6.45, 7) is 8.37. The summed E-state index contributed by atoms with van der Waals surface area (Å²) < 4.78 is 27.3. The van der Waals surface area contributed by atoms with E-state index >= 15 is 0 Å². The Balaban J connectivity index is 2.38. The molecule has 1 aromatic rings. The zero-order valence-electron chi connectivity index (χ0n) is 10.7. The van der Waals surface area contributed by atoms with Crippen LogP contribution in [0.3, 0.4) is 0 Å². The van der Waals surface area contributed by atoms with Crippen LogP contribution in [0.4, 0.5) is 8.78 Å². The smallest absolute Gasteiger partial charge is 0.130 e. The predicted molar refractivity (Wildman–Crippen MR) is 64.3 cm³/mol. The first kappa shape index (κ1) is 12.5. The van der Waals surface area contributed by atoms with Crippen molar-refractivity contribution in [3.8, 4) is 0 Å². The molecule has 1 atom stereocenters. The van der Waals surface area contributed by atoms with Gasteiger partial charge in [0.15, 0.2) is 0 Å². The summed E-state index contributed by atoms with van der Waals surface area (Å²) in [6, 6.07) is 3.31. The number of rotatable bonds is 2. The standard InChI is InChI=1S/C14H19F2N/c1-13(2)12(14(13,3)4)11(17)10-8(15)6-5-7-9(10)16/h5-7,11-12H,17H2,1-4H3. The number of hydrogen-bond acceptors (Lipinski definition) is 1. The second kappa shape index (κ2) is 3.52. The first-order valence-electron chi connectivity index (χ1n) is 5.90. The van der Waals surface area contributed by atoms with Crippen molar-refractivity contribution >= 4 is 0 Å². The molecule has 94 valence electrons. The van der Waals surface area contributed by atoms with E-state index in [1.54, 1.807) is 0 Å². The van der Waals surface area contributed by atoms with Crippen LogP contribution in [-0.4, -0.2) is 0 Å². The lowest BCUT2D eigenvalue weighted by Gasteiger charge is -2.16. The summed E-state index contributed by atoms with van der Waals surface area (Å²) in [5.74, 6) is -0.992. The van der Waals surface area contributed by atoms with Crippen LogP contribution in [-0.2, 0) is 0 Å². The first-order chi connectivity index (χ1) is 7.71. The van der Waals surface area contributed by atoms with Gasteiger partial charge in [0, 0.05) is 11.6 Å². The van der Waals surface area contributed by atoms with Crippen LogP contribution in [0.25, 0.3) is 0 Å². The molecule has 0 radical (unpaired) electrons. The summed E-state index contributed by atoms with van der Waals surface area (Å²) in [7, 11) is 0. The zero-order chi connectivity index (χ0) is 13.0. The first-order valence-corrected chi connectivity index (χ1v) is 5.90. The molecule has 1 aromatic carbocycles. The highest BCUT2D eigenvalue weighted by atomic mass is 19.1. The minimum atomic E-state index is -0.582. The van der Waals surface area contributed by atoms with Crippen LogP contribution >= 0.6 is 0 Å². The molecule has 2 rings (SSSR count). The van der Waals surface area contributed by atoms with Crippen LogP contribution in [0.1, 0.15) is 39.3 Å². The minimum Gasteiger partial charge on any atom is -0.324 e. The SMILES string of the molecule is CC1(C)C(C(N)c2c(F)cccc2F)C1(C)C. The van der Waals surface area contributed by atoms with E-state index in [2.05, 4.69) is 27.7 Å². The molecule has 3 heteroatoms. The fourth-order valence-electron chi connectivity index (χ4n) is 3.14. The lowest BCUT2D eigenvalue weighted by Crippen LogP contribution is -2.19. The molecule has 0 aliphatic heterocycles. The molecule has 0 heterocycles. The summed E-state index contributed by atoms with van der Waals surface area (Å²) >= 11 is 0. The van der Waals surface area contributed by atoms with Crippen molar-refractivity contribution in [2.75, 3.05) is 0 Å². The summed E-state index contributed by atoms with van der Waals surface area (Å²) in [5, 5.41) is 0. The number of halogens is 2. The van der Waals surface area contributed by atoms with Crippen molar-refractivity contribution in [1.29, 1.82) is 0 Å². The highest BCUT2D eigenvalue weighted by Crippen LogP contribution is 2.71. The molecule has 1 unspecified atom stereocenters. The minimum absolute atomic E-state index is 0.0150. The van der Waals surface area contributed by atoms with Gasteiger partial charge < -0.3 is 5.73 Å². The van der Waals surface area contributed by atoms with Gasteiger partial charge >= 0.3 is 0 Å². The van der Waals surface area contributed by atoms with Crippen molar-refractivity contribution in [3.05, 3.63) is 35.4 Å². The fraction of sp³-hybridized carbons (Fsp3) is 0.571. The van der Waals surface area contributed by atoms with Gasteiger partial charge in [-0.05, 0) is 28.9 Å². The van der Waals surface area contributed by atoms with Crippen LogP contribution < -0.4 is 5.73 Å². The monoisotopic (exact) mass is 239 g/mol. The molecule has 1 aliphatic carbocycles. The third-order valence-electron chi connectivity index (χ3n) is 4.82. The molecule has 0 bridgehead atoms. The largest absolute Gasteiger partial charge is 0.324 e. The molecule has 1 aliphatic rings. The molecule has 17 heavy (non-hydrogen) atoms. The van der Waals surface area contributed by atoms with Gasteiger partial charge in [0.1, 0.15) is 11.6 Å². The zero-order valence-corrected chi connectivity index (χ0v) is 10.7. The van der Waals surface area contributed by atoms with Crippen molar-refractivity contribution in [2.45, 2.75) is 33.7 Å². The van der Waals surface area contributed by atoms with E-state index in [1.165, 1.54) is 18.2 Å². The van der Waals surface area contributed by atoms with E-state index in [0.717, 1.165) is 0 Å². The molecular weight excluding hydrogens is 220 g/mol. The Labute approximate surface area is 101 Å². The molecular formula is C14H19F2N. The Hall–Kier alpha value is -0.960. The second-order valence-corrected chi connectivity index (χ2v) is 6.08. The van der Waals surface area contributed by atoms with E-state index in [9.17, 15) is 8.78 Å². The number of nitrogens with two attached hydrogens (primary N) is 1. The van der Waals surface area contributed by atoms with E-state index < -0.39 is 17.7 Å². The Morgan fingerprint density at radius 3 is 1.82 bits per heavy atom. The Kier molecular flexibility index (Phi) is 2.58. The second-order valence-electron chi connectivity index (χ2n) is 6.08. The highest BCUT2D eigenvalue weighted by molar-refractivity contribution is 5.29. The van der Waals surface area contributed by atoms with Gasteiger partial charge in [-0.2, -0.15) is 0 Å². The van der Waals surface area contributed by atoms with Crippen molar-refractivity contribution < 1.29 is 8.78 Å². The third-order valence-corrected chi connectivity index (χ3v) is 4.82. The lowest BCUT2D eigenvalue weighted by atomic mass is 9.96. The van der Waals surface area contributed by atoms with Gasteiger partial charge in [-0.3, -0.25) is 0 Å². The maximum Gasteiger partial charge on any atom is 0.130 e. The lowest BCUT2D eigenvalue weighted by molar-refractivity contribution is 0.450. The highest BCUT2D eigenvalue weighted by Gasteiger charge is 2.67. The topological polar surface area (TPSA) is 26.0 Å². The van der Waals surface area contributed by atoms with Crippen LogP contribution in [0.5, 0.6) is 0 Å². The van der Waals surface area contributed by atoms with Gasteiger partial charge in [-0.15, -0.1) is 0 Å². The predicted octanol–water partition coefficient (Wildman–Crippen LogP) is 3.65. The van der Waals surface area contributed by atoms with Crippen molar-refractivity contribution in [2.24, 2.45) is 22.5 Å². The van der Waals surface area contributed by atoms with E-state index in [0.29, 0.717) is 0 Å². The van der Waals surface area contributed by atoms with Crippen LogP contribution in [0, 0.1) is 28.4 Å². The normalized spacial score (nSPS) is 23.5. The van der Waals surface area contributed by atoms with Gasteiger partial charge in [-0.1, -0.05) is 33.8 Å². The van der Waals surface area contributed by atoms with Gasteiger partial charge in [-0.25, -0.2) is 8.78 Å². The molecule has 0 amide bonds. The molecule has 0 aromatic heterocycles. The van der Waals surface area contributed by atoms with Gasteiger partial charge in [0.2, 0.25) is 0 Å². The summed E-state index contributed by atoms with van der Waals surface area (Å²) in [4.78, 5) is 0. The average Bonchev–Trinajstić information content (AvgIpc) is 2.56. The molecule has 0 spiro atoms. The maximum absolute atomic E-state index is 13.7. The van der Waals surface area contributed by atoms with E-state index in [-0.39, 0.29) is 22.3 Å². The van der Waals surface area contributed by atoms with Crippen molar-refractivity contribution in [1.82, 2.24) is 0 Å². The van der Waals surface area contributed by atoms with Gasteiger partial charge in [0.05, 0.1) is 0 Å². The maximum atomic E-state index is 13.7.